The largest absolute Gasteiger partial charge is 0.480 e. The van der Waals surface area contributed by atoms with Crippen LogP contribution in [0, 0.1) is 5.92 Å². The fraction of sp³-hybridized carbons (Fsp3) is 0.410. The monoisotopic (exact) mass is 666 g/mol. The first-order valence-corrected chi connectivity index (χ1v) is 17.7. The zero-order valence-electron chi connectivity index (χ0n) is 28.5. The van der Waals surface area contributed by atoms with Gasteiger partial charge in [-0.25, -0.2) is 9.97 Å². The van der Waals surface area contributed by atoms with Gasteiger partial charge in [-0.3, -0.25) is 14.4 Å². The topological polar surface area (TPSA) is 121 Å². The Balaban J connectivity index is 1.25. The van der Waals surface area contributed by atoms with E-state index in [-0.39, 0.29) is 17.7 Å². The lowest BCUT2D eigenvalue weighted by Crippen LogP contribution is -2.51. The summed E-state index contributed by atoms with van der Waals surface area (Å²) in [7, 11) is 0. The van der Waals surface area contributed by atoms with E-state index >= 15 is 0 Å². The van der Waals surface area contributed by atoms with Gasteiger partial charge in [-0.2, -0.15) is 0 Å². The molecule has 1 unspecified atom stereocenters. The summed E-state index contributed by atoms with van der Waals surface area (Å²) in [6, 6.07) is 17.9. The third kappa shape index (κ3) is 8.75. The van der Waals surface area contributed by atoms with Crippen LogP contribution in [0.4, 0.5) is 0 Å². The van der Waals surface area contributed by atoms with Crippen molar-refractivity contribution in [1.29, 1.82) is 0 Å². The zero-order chi connectivity index (χ0) is 34.4. The van der Waals surface area contributed by atoms with Crippen molar-refractivity contribution in [1.82, 2.24) is 20.6 Å². The molecule has 4 aromatic rings. The zero-order valence-corrected chi connectivity index (χ0v) is 29.3. The van der Waals surface area contributed by atoms with Crippen molar-refractivity contribution in [2.45, 2.75) is 96.6 Å². The summed E-state index contributed by atoms with van der Waals surface area (Å²) in [5, 5.41) is 14.6. The minimum absolute atomic E-state index is 0.110. The number of benzene rings is 2. The number of aromatic nitrogens is 2. The molecule has 9 heteroatoms. The molecule has 3 N–H and O–H groups in total. The maximum absolute atomic E-state index is 13.2. The lowest BCUT2D eigenvalue weighted by molar-refractivity contribution is -0.141. The van der Waals surface area contributed by atoms with Crippen molar-refractivity contribution >= 4 is 29.1 Å². The molecule has 252 valence electrons. The van der Waals surface area contributed by atoms with Crippen molar-refractivity contribution in [3.63, 3.8) is 0 Å². The molecule has 0 radical (unpaired) electrons. The van der Waals surface area contributed by atoms with E-state index in [1.165, 1.54) is 55.9 Å². The van der Waals surface area contributed by atoms with E-state index in [1.54, 1.807) is 6.07 Å². The molecule has 1 aliphatic carbocycles. The van der Waals surface area contributed by atoms with Crippen LogP contribution in [-0.2, 0) is 21.4 Å². The van der Waals surface area contributed by atoms with Crippen LogP contribution in [0.5, 0.6) is 0 Å². The van der Waals surface area contributed by atoms with Gasteiger partial charge in [0.1, 0.15) is 12.1 Å². The fourth-order valence-electron chi connectivity index (χ4n) is 6.18. The number of rotatable bonds is 11. The van der Waals surface area contributed by atoms with E-state index in [1.807, 2.05) is 42.7 Å². The summed E-state index contributed by atoms with van der Waals surface area (Å²) in [5.41, 5.74) is 4.97. The van der Waals surface area contributed by atoms with Crippen LogP contribution in [0.15, 0.2) is 73.1 Å². The number of hydrogen-bond donors (Lipinski definition) is 3. The predicted octanol–water partition coefficient (Wildman–Crippen LogP) is 7.78. The molecule has 0 aliphatic heterocycles. The summed E-state index contributed by atoms with van der Waals surface area (Å²) in [6.45, 7) is 9.91. The second kappa shape index (κ2) is 15.2. The van der Waals surface area contributed by atoms with E-state index in [0.717, 1.165) is 33.0 Å². The number of carboxylic acid groups (broad SMARTS) is 1. The highest BCUT2D eigenvalue weighted by Gasteiger charge is 2.27. The van der Waals surface area contributed by atoms with Crippen molar-refractivity contribution in [2.24, 2.45) is 5.92 Å². The van der Waals surface area contributed by atoms with Crippen LogP contribution < -0.4 is 10.6 Å². The number of nitrogens with zero attached hydrogens (tertiary/aromatic N) is 2. The second-order valence-corrected chi connectivity index (χ2v) is 15.0. The molecule has 8 nitrogen and oxygen atoms in total. The van der Waals surface area contributed by atoms with E-state index in [9.17, 15) is 19.5 Å². The van der Waals surface area contributed by atoms with Crippen molar-refractivity contribution in [3.05, 3.63) is 93.9 Å². The van der Waals surface area contributed by atoms with Crippen LogP contribution in [0.2, 0.25) is 0 Å². The molecule has 2 aromatic carbocycles. The third-order valence-corrected chi connectivity index (χ3v) is 10.9. The molecular formula is C39H46N4O4S. The first kappa shape index (κ1) is 35.0. The van der Waals surface area contributed by atoms with Crippen molar-refractivity contribution in [2.75, 3.05) is 0 Å². The summed E-state index contributed by atoms with van der Waals surface area (Å²) in [4.78, 5) is 48.5. The predicted molar refractivity (Wildman–Crippen MR) is 191 cm³/mol. The van der Waals surface area contributed by atoms with Gasteiger partial charge >= 0.3 is 5.97 Å². The SMILES string of the molecule is CCC1CCC(c2ccc(-c3cnc(-c4ccc(CC(NC(=O)c5ccc(C(C)(C)C)s5)C(=O)N[C@H](C)C(=O)O)cc4)nc3)cc2)CC1. The number of carbonyl (C=O) groups is 3. The van der Waals surface area contributed by atoms with Gasteiger partial charge in [0.05, 0.1) is 4.88 Å². The molecule has 2 atom stereocenters. The maximum atomic E-state index is 13.2. The second-order valence-electron chi connectivity index (χ2n) is 14.0. The molecule has 2 aromatic heterocycles. The summed E-state index contributed by atoms with van der Waals surface area (Å²) >= 11 is 1.38. The Hall–Kier alpha value is -4.37. The van der Waals surface area contributed by atoms with Crippen molar-refractivity contribution < 1.29 is 19.5 Å². The Morgan fingerprint density at radius 3 is 2.04 bits per heavy atom. The summed E-state index contributed by atoms with van der Waals surface area (Å²) in [5.74, 6) is 0.0265. The molecule has 2 heterocycles. The number of nitrogens with one attached hydrogen (secondary N) is 2. The number of carboxylic acids is 1. The summed E-state index contributed by atoms with van der Waals surface area (Å²) < 4.78 is 0. The van der Waals surface area contributed by atoms with Gasteiger partial charge in [0.2, 0.25) is 5.91 Å². The Morgan fingerprint density at radius 2 is 1.48 bits per heavy atom. The lowest BCUT2D eigenvalue weighted by atomic mass is 9.78. The number of hydrogen-bond acceptors (Lipinski definition) is 6. The smallest absolute Gasteiger partial charge is 0.325 e. The van der Waals surface area contributed by atoms with Gasteiger partial charge in [0, 0.05) is 34.8 Å². The van der Waals surface area contributed by atoms with E-state index < -0.39 is 24.0 Å². The molecular weight excluding hydrogens is 621 g/mol. The van der Waals surface area contributed by atoms with Gasteiger partial charge in [0.15, 0.2) is 5.82 Å². The van der Waals surface area contributed by atoms with Crippen LogP contribution in [0.1, 0.15) is 98.3 Å². The molecule has 0 bridgehead atoms. The maximum Gasteiger partial charge on any atom is 0.325 e. The van der Waals surface area contributed by atoms with Crippen LogP contribution in [-0.4, -0.2) is 44.9 Å². The first-order chi connectivity index (χ1) is 22.9. The Kier molecular flexibility index (Phi) is 11.1. The minimum Gasteiger partial charge on any atom is -0.480 e. The Labute approximate surface area is 287 Å². The number of thiophene rings is 1. The van der Waals surface area contributed by atoms with Crippen LogP contribution in [0.25, 0.3) is 22.5 Å². The molecule has 2 amide bonds. The lowest BCUT2D eigenvalue weighted by Gasteiger charge is -2.28. The Bertz CT molecular complexity index is 1700. The van der Waals surface area contributed by atoms with E-state index in [4.69, 9.17) is 0 Å². The number of carbonyl (C=O) groups excluding carboxylic acids is 2. The molecule has 5 rings (SSSR count). The fourth-order valence-corrected chi connectivity index (χ4v) is 7.15. The molecule has 1 saturated carbocycles. The Morgan fingerprint density at radius 1 is 0.854 bits per heavy atom. The minimum atomic E-state index is -1.15. The number of aliphatic carboxylic acids is 1. The molecule has 1 aliphatic rings. The van der Waals surface area contributed by atoms with Gasteiger partial charge in [-0.05, 0) is 78.7 Å². The van der Waals surface area contributed by atoms with Gasteiger partial charge in [-0.15, -0.1) is 11.3 Å². The molecule has 0 spiro atoms. The van der Waals surface area contributed by atoms with Crippen LogP contribution in [0.3, 0.4) is 0 Å². The van der Waals surface area contributed by atoms with E-state index in [2.05, 4.69) is 72.6 Å². The molecule has 48 heavy (non-hydrogen) atoms. The quantitative estimate of drug-likeness (QED) is 0.150. The average Bonchev–Trinajstić information content (AvgIpc) is 3.60. The molecule has 0 saturated heterocycles. The third-order valence-electron chi connectivity index (χ3n) is 9.36. The van der Waals surface area contributed by atoms with Gasteiger partial charge in [-0.1, -0.05) is 82.6 Å². The molecule has 1 fully saturated rings. The average molecular weight is 667 g/mol. The van der Waals surface area contributed by atoms with Gasteiger partial charge < -0.3 is 15.7 Å². The van der Waals surface area contributed by atoms with Crippen molar-refractivity contribution in [3.8, 4) is 22.5 Å². The normalized spacial score (nSPS) is 17.7. The number of amides is 2. The first-order valence-electron chi connectivity index (χ1n) is 16.9. The van der Waals surface area contributed by atoms with Crippen LogP contribution >= 0.6 is 11.3 Å². The van der Waals surface area contributed by atoms with E-state index in [0.29, 0.717) is 16.6 Å². The van der Waals surface area contributed by atoms with Gasteiger partial charge in [0.25, 0.3) is 5.91 Å². The highest BCUT2D eigenvalue weighted by atomic mass is 32.1. The summed E-state index contributed by atoms with van der Waals surface area (Å²) in [6.07, 6.45) is 10.3. The standard InChI is InChI=1S/C39H46N4O4S/c1-6-25-7-11-27(12-8-25)28-15-17-29(18-16-28)31-22-40-35(41-23-31)30-13-9-26(10-14-30)21-32(36(44)42-24(2)38(46)47)43-37(45)33-19-20-34(48-33)39(3,4)5/h9-10,13-20,22-25,27,32H,6-8,11-12,21H2,1-5H3,(H,42,44)(H,43,45)(H,46,47)/t24-,25?,27?,32?/m1/s1. The highest BCUT2D eigenvalue weighted by molar-refractivity contribution is 7.14. The highest BCUT2D eigenvalue weighted by Crippen LogP contribution is 2.37.